The van der Waals surface area contributed by atoms with Crippen molar-refractivity contribution in [2.24, 2.45) is 0 Å². The van der Waals surface area contributed by atoms with Gasteiger partial charge in [-0.05, 0) is 6.92 Å². The lowest BCUT2D eigenvalue weighted by molar-refractivity contribution is 0.387. The van der Waals surface area contributed by atoms with E-state index in [1.807, 2.05) is 0 Å². The van der Waals surface area contributed by atoms with E-state index in [1.165, 1.54) is 0 Å². The van der Waals surface area contributed by atoms with Crippen LogP contribution in [-0.4, -0.2) is 10.6 Å². The molecule has 1 nitrogen and oxygen atoms in total. The van der Waals surface area contributed by atoms with Crippen molar-refractivity contribution in [3.8, 4) is 0 Å². The highest BCUT2D eigenvalue weighted by Gasteiger charge is 2.49. The van der Waals surface area contributed by atoms with E-state index >= 15 is 0 Å². The number of alkyl halides is 2. The van der Waals surface area contributed by atoms with E-state index in [-0.39, 0.29) is 5.56 Å². The SMILES string of the molecule is C[C@]1(Cl)O[C@H]1Cl. The molecule has 0 spiro atoms. The van der Waals surface area contributed by atoms with E-state index in [0.29, 0.717) is 0 Å². The highest BCUT2D eigenvalue weighted by atomic mass is 35.5. The first-order chi connectivity index (χ1) is 2.63. The second-order valence-electron chi connectivity index (χ2n) is 1.42. The van der Waals surface area contributed by atoms with Crippen molar-refractivity contribution in [2.45, 2.75) is 17.5 Å². The molecule has 1 rings (SSSR count). The Balaban J connectivity index is 2.41. The molecule has 1 heterocycles. The average molecular weight is 127 g/mol. The highest BCUT2D eigenvalue weighted by molar-refractivity contribution is 6.34. The van der Waals surface area contributed by atoms with Gasteiger partial charge in [0.15, 0.2) is 10.6 Å². The molecule has 0 aromatic rings. The monoisotopic (exact) mass is 126 g/mol. The van der Waals surface area contributed by atoms with Crippen molar-refractivity contribution in [2.75, 3.05) is 0 Å². The normalized spacial score (nSPS) is 55.5. The van der Waals surface area contributed by atoms with Crippen molar-refractivity contribution < 1.29 is 4.74 Å². The number of halogens is 2. The van der Waals surface area contributed by atoms with E-state index in [9.17, 15) is 0 Å². The van der Waals surface area contributed by atoms with E-state index < -0.39 is 5.06 Å². The lowest BCUT2D eigenvalue weighted by Gasteiger charge is -1.79. The molecule has 3 heteroatoms. The Morgan fingerprint density at radius 1 is 1.83 bits per heavy atom. The minimum atomic E-state index is -0.554. The molecule has 6 heavy (non-hydrogen) atoms. The minimum absolute atomic E-state index is 0.265. The van der Waals surface area contributed by atoms with Crippen LogP contribution in [0.3, 0.4) is 0 Å². The molecule has 2 atom stereocenters. The smallest absolute Gasteiger partial charge is 0.181 e. The van der Waals surface area contributed by atoms with E-state index in [2.05, 4.69) is 4.74 Å². The van der Waals surface area contributed by atoms with Gasteiger partial charge in [-0.15, -0.1) is 0 Å². The van der Waals surface area contributed by atoms with E-state index in [1.54, 1.807) is 6.92 Å². The van der Waals surface area contributed by atoms with Gasteiger partial charge in [0.25, 0.3) is 0 Å². The van der Waals surface area contributed by atoms with Crippen molar-refractivity contribution >= 4 is 23.2 Å². The molecule has 0 amide bonds. The zero-order chi connectivity index (χ0) is 4.78. The molecule has 1 saturated heterocycles. The first-order valence-electron chi connectivity index (χ1n) is 1.64. The molecule has 0 unspecified atom stereocenters. The summed E-state index contributed by atoms with van der Waals surface area (Å²) in [5.41, 5.74) is -0.265. The summed E-state index contributed by atoms with van der Waals surface area (Å²) in [7, 11) is 0. The van der Waals surface area contributed by atoms with Crippen LogP contribution < -0.4 is 0 Å². The molecule has 36 valence electrons. The Bertz CT molecular complexity index is 71.2. The average Bonchev–Trinajstić information content (AvgIpc) is 1.73. The molecular formula is C3H4Cl2O. The fourth-order valence-electron chi connectivity index (χ4n) is 0.168. The minimum Gasteiger partial charge on any atom is -0.333 e. The lowest BCUT2D eigenvalue weighted by atomic mass is 10.6. The number of hydrogen-bond donors (Lipinski definition) is 0. The summed E-state index contributed by atoms with van der Waals surface area (Å²) >= 11 is 10.8. The highest BCUT2D eigenvalue weighted by Crippen LogP contribution is 2.42. The molecule has 0 saturated carbocycles. The van der Waals surface area contributed by atoms with Gasteiger partial charge in [-0.25, -0.2) is 0 Å². The van der Waals surface area contributed by atoms with Crippen molar-refractivity contribution in [1.29, 1.82) is 0 Å². The summed E-state index contributed by atoms with van der Waals surface area (Å²) < 4.78 is 4.64. The zero-order valence-electron chi connectivity index (χ0n) is 3.24. The van der Waals surface area contributed by atoms with Gasteiger partial charge < -0.3 is 4.74 Å². The van der Waals surface area contributed by atoms with Gasteiger partial charge in [0.2, 0.25) is 0 Å². The predicted octanol–water partition coefficient (Wildman–Crippen LogP) is 1.54. The molecule has 0 radical (unpaired) electrons. The molecular weight excluding hydrogens is 123 g/mol. The van der Waals surface area contributed by atoms with Crippen LogP contribution in [0, 0.1) is 0 Å². The number of ether oxygens (including phenoxy) is 1. The van der Waals surface area contributed by atoms with Gasteiger partial charge in [0, 0.05) is 0 Å². The molecule has 1 aliphatic rings. The first kappa shape index (κ1) is 4.69. The largest absolute Gasteiger partial charge is 0.333 e. The van der Waals surface area contributed by atoms with E-state index in [0.717, 1.165) is 0 Å². The molecule has 0 N–H and O–H groups in total. The van der Waals surface area contributed by atoms with Gasteiger partial charge in [-0.2, -0.15) is 0 Å². The Hall–Kier alpha value is 0.540. The second kappa shape index (κ2) is 1.03. The molecule has 0 aliphatic carbocycles. The van der Waals surface area contributed by atoms with Crippen molar-refractivity contribution in [3.63, 3.8) is 0 Å². The topological polar surface area (TPSA) is 12.5 Å². The van der Waals surface area contributed by atoms with Crippen LogP contribution in [0.4, 0.5) is 0 Å². The van der Waals surface area contributed by atoms with Crippen LogP contribution in [0.25, 0.3) is 0 Å². The maximum absolute atomic E-state index is 5.44. The van der Waals surface area contributed by atoms with Gasteiger partial charge in [0.05, 0.1) is 0 Å². The molecule has 1 fully saturated rings. The Morgan fingerprint density at radius 2 is 2.00 bits per heavy atom. The fourth-order valence-corrected chi connectivity index (χ4v) is 0.488. The van der Waals surface area contributed by atoms with Crippen LogP contribution in [0.1, 0.15) is 6.92 Å². The van der Waals surface area contributed by atoms with Gasteiger partial charge >= 0.3 is 0 Å². The van der Waals surface area contributed by atoms with Gasteiger partial charge in [-0.1, -0.05) is 23.2 Å². The number of rotatable bonds is 0. The third kappa shape index (κ3) is 0.625. The van der Waals surface area contributed by atoms with Crippen molar-refractivity contribution in [3.05, 3.63) is 0 Å². The lowest BCUT2D eigenvalue weighted by Crippen LogP contribution is -1.90. The summed E-state index contributed by atoms with van der Waals surface area (Å²) in [5, 5.41) is -0.554. The first-order valence-corrected chi connectivity index (χ1v) is 2.45. The molecule has 0 aromatic carbocycles. The Labute approximate surface area is 46.2 Å². The quantitative estimate of drug-likeness (QED) is 0.355. The van der Waals surface area contributed by atoms with Crippen LogP contribution in [-0.2, 0) is 4.74 Å². The van der Waals surface area contributed by atoms with Crippen LogP contribution in [0.2, 0.25) is 0 Å². The summed E-state index contributed by atoms with van der Waals surface area (Å²) in [6.07, 6.45) is 0. The molecule has 1 aliphatic heterocycles. The summed E-state index contributed by atoms with van der Waals surface area (Å²) in [6.45, 7) is 1.73. The zero-order valence-corrected chi connectivity index (χ0v) is 4.75. The van der Waals surface area contributed by atoms with Crippen LogP contribution in [0.15, 0.2) is 0 Å². The number of hydrogen-bond acceptors (Lipinski definition) is 1. The van der Waals surface area contributed by atoms with Crippen LogP contribution in [0.5, 0.6) is 0 Å². The maximum Gasteiger partial charge on any atom is 0.181 e. The van der Waals surface area contributed by atoms with Gasteiger partial charge in [0.1, 0.15) is 0 Å². The van der Waals surface area contributed by atoms with Crippen molar-refractivity contribution in [1.82, 2.24) is 0 Å². The third-order valence-corrected chi connectivity index (χ3v) is 1.59. The van der Waals surface area contributed by atoms with Crippen LogP contribution >= 0.6 is 23.2 Å². The fraction of sp³-hybridized carbons (Fsp3) is 1.00. The number of epoxide rings is 1. The van der Waals surface area contributed by atoms with E-state index in [4.69, 9.17) is 23.2 Å². The standard InChI is InChI=1S/C3H4Cl2O/c1-3(5)2(4)6-3/h2H,1H3/t2-,3+/m1/s1. The maximum atomic E-state index is 5.44. The summed E-state index contributed by atoms with van der Waals surface area (Å²) in [5.74, 6) is 0. The second-order valence-corrected chi connectivity index (χ2v) is 2.57. The predicted molar refractivity (Wildman–Crippen MR) is 25.0 cm³/mol. The molecule has 0 aromatic heterocycles. The Kier molecular flexibility index (Phi) is 0.804. The third-order valence-electron chi connectivity index (χ3n) is 0.682. The summed E-state index contributed by atoms with van der Waals surface area (Å²) in [6, 6.07) is 0. The Morgan fingerprint density at radius 3 is 2.00 bits per heavy atom. The molecule has 0 bridgehead atoms. The van der Waals surface area contributed by atoms with Gasteiger partial charge in [-0.3, -0.25) is 0 Å². The summed E-state index contributed by atoms with van der Waals surface area (Å²) in [4.78, 5) is 0.